The first kappa shape index (κ1) is 9.61. The van der Waals surface area contributed by atoms with Crippen molar-refractivity contribution in [3.05, 3.63) is 0 Å². The molecule has 0 aromatic heterocycles. The lowest BCUT2D eigenvalue weighted by Crippen LogP contribution is -2.35. The van der Waals surface area contributed by atoms with Crippen LogP contribution in [0.4, 0.5) is 22.0 Å². The Kier molecular flexibility index (Phi) is 3.01. The second-order valence-corrected chi connectivity index (χ2v) is 1.64. The van der Waals surface area contributed by atoms with Gasteiger partial charge in [0.15, 0.2) is 6.17 Å². The molecule has 2 unspecified atom stereocenters. The van der Waals surface area contributed by atoms with Crippen molar-refractivity contribution in [2.45, 2.75) is 18.5 Å². The second kappa shape index (κ2) is 3.14. The Morgan fingerprint density at radius 1 is 1.20 bits per heavy atom. The summed E-state index contributed by atoms with van der Waals surface area (Å²) in [5.74, 6) is 0. The van der Waals surface area contributed by atoms with Crippen LogP contribution in [0.2, 0.25) is 0 Å². The average molecular weight is 164 g/mol. The third-order valence-corrected chi connectivity index (χ3v) is 0.805. The minimum Gasteiger partial charge on any atom is -0.393 e. The van der Waals surface area contributed by atoms with Crippen molar-refractivity contribution in [2.75, 3.05) is 6.61 Å². The van der Waals surface area contributed by atoms with Crippen LogP contribution in [-0.4, -0.2) is 30.2 Å². The molecule has 0 aliphatic rings. The molecule has 62 valence electrons. The molecule has 6 heteroatoms. The fourth-order valence-corrected chi connectivity index (χ4v) is 0.298. The lowest BCUT2D eigenvalue weighted by Gasteiger charge is -2.13. The van der Waals surface area contributed by atoms with Crippen LogP contribution >= 0.6 is 0 Å². The van der Waals surface area contributed by atoms with Gasteiger partial charge in [-0.05, 0) is 0 Å². The fraction of sp³-hybridized carbons (Fsp3) is 1.00. The summed E-state index contributed by atoms with van der Waals surface area (Å²) in [5, 5.41) is 7.75. The Bertz CT molecular complexity index is 100. The van der Waals surface area contributed by atoms with Crippen molar-refractivity contribution in [1.82, 2.24) is 0 Å². The van der Waals surface area contributed by atoms with Crippen LogP contribution in [0.5, 0.6) is 0 Å². The van der Waals surface area contributed by atoms with Gasteiger partial charge in [0, 0.05) is 0 Å². The fourth-order valence-electron chi connectivity index (χ4n) is 0.298. The van der Waals surface area contributed by atoms with E-state index in [2.05, 4.69) is 0 Å². The maximum absolute atomic E-state index is 11.7. The van der Waals surface area contributed by atoms with Crippen molar-refractivity contribution in [2.24, 2.45) is 0 Å². The molecule has 1 N–H and O–H groups in total. The van der Waals surface area contributed by atoms with Crippen molar-refractivity contribution >= 4 is 0 Å². The van der Waals surface area contributed by atoms with E-state index in [1.807, 2.05) is 0 Å². The highest BCUT2D eigenvalue weighted by atomic mass is 19.4. The van der Waals surface area contributed by atoms with Gasteiger partial charge in [0.2, 0.25) is 6.17 Å². The standard InChI is InChI=1S/C4H5F5O/c5-2(1-10)3(6)4(7,8)9/h2-3,10H,1H2. The Balaban J connectivity index is 3.94. The third-order valence-electron chi connectivity index (χ3n) is 0.805. The Labute approximate surface area is 53.5 Å². The Morgan fingerprint density at radius 3 is 1.70 bits per heavy atom. The summed E-state index contributed by atoms with van der Waals surface area (Å²) in [6, 6.07) is 0. The Hall–Kier alpha value is -0.390. The quantitative estimate of drug-likeness (QED) is 0.608. The van der Waals surface area contributed by atoms with E-state index in [0.717, 1.165) is 0 Å². The molecule has 0 aliphatic carbocycles. The number of halogens is 5. The summed E-state index contributed by atoms with van der Waals surface area (Å²) in [5.41, 5.74) is 0. The van der Waals surface area contributed by atoms with E-state index < -0.39 is 25.1 Å². The molecule has 0 heterocycles. The predicted octanol–water partition coefficient (Wildman–Crippen LogP) is 1.22. The summed E-state index contributed by atoms with van der Waals surface area (Å²) in [4.78, 5) is 0. The van der Waals surface area contributed by atoms with Gasteiger partial charge in [-0.1, -0.05) is 0 Å². The number of rotatable bonds is 2. The number of aliphatic hydroxyl groups is 1. The highest BCUT2D eigenvalue weighted by Crippen LogP contribution is 2.26. The number of aliphatic hydroxyl groups excluding tert-OH is 1. The van der Waals surface area contributed by atoms with Crippen LogP contribution in [0.25, 0.3) is 0 Å². The summed E-state index contributed by atoms with van der Waals surface area (Å²) < 4.78 is 56.8. The van der Waals surface area contributed by atoms with Crippen molar-refractivity contribution < 1.29 is 27.1 Å². The van der Waals surface area contributed by atoms with Crippen molar-refractivity contribution in [3.8, 4) is 0 Å². The molecule has 0 bridgehead atoms. The number of hydrogen-bond acceptors (Lipinski definition) is 1. The minimum absolute atomic E-state index is 1.46. The largest absolute Gasteiger partial charge is 0.422 e. The molecule has 0 radical (unpaired) electrons. The zero-order chi connectivity index (χ0) is 8.36. The average Bonchev–Trinajstić information content (AvgIpc) is 1.83. The molecule has 0 aromatic rings. The normalized spacial score (nSPS) is 18.6. The number of hydrogen-bond donors (Lipinski definition) is 1. The molecule has 1 nitrogen and oxygen atoms in total. The summed E-state index contributed by atoms with van der Waals surface area (Å²) >= 11 is 0. The van der Waals surface area contributed by atoms with E-state index in [1.54, 1.807) is 0 Å². The van der Waals surface area contributed by atoms with Gasteiger partial charge in [-0.2, -0.15) is 13.2 Å². The van der Waals surface area contributed by atoms with Gasteiger partial charge >= 0.3 is 6.18 Å². The molecule has 0 spiro atoms. The van der Waals surface area contributed by atoms with E-state index in [1.165, 1.54) is 0 Å². The lowest BCUT2D eigenvalue weighted by atomic mass is 10.2. The van der Waals surface area contributed by atoms with Gasteiger partial charge in [-0.3, -0.25) is 0 Å². The van der Waals surface area contributed by atoms with E-state index in [0.29, 0.717) is 0 Å². The first-order valence-electron chi connectivity index (χ1n) is 2.35. The van der Waals surface area contributed by atoms with Gasteiger partial charge < -0.3 is 5.11 Å². The van der Waals surface area contributed by atoms with Crippen molar-refractivity contribution in [3.63, 3.8) is 0 Å². The molecule has 0 aliphatic heterocycles. The molecule has 0 amide bonds. The van der Waals surface area contributed by atoms with Crippen LogP contribution in [0.15, 0.2) is 0 Å². The van der Waals surface area contributed by atoms with Gasteiger partial charge in [0.05, 0.1) is 6.61 Å². The van der Waals surface area contributed by atoms with Crippen LogP contribution in [0.1, 0.15) is 0 Å². The molecule has 0 fully saturated rings. The maximum Gasteiger partial charge on any atom is 0.422 e. The monoisotopic (exact) mass is 164 g/mol. The highest BCUT2D eigenvalue weighted by Gasteiger charge is 2.45. The smallest absolute Gasteiger partial charge is 0.393 e. The third kappa shape index (κ3) is 2.47. The molecule has 0 aromatic carbocycles. The molecular formula is C4H5F5O. The van der Waals surface area contributed by atoms with Crippen LogP contribution in [0.3, 0.4) is 0 Å². The van der Waals surface area contributed by atoms with Crippen molar-refractivity contribution in [1.29, 1.82) is 0 Å². The highest BCUT2D eigenvalue weighted by molar-refractivity contribution is 4.74. The topological polar surface area (TPSA) is 20.2 Å². The van der Waals surface area contributed by atoms with E-state index in [4.69, 9.17) is 5.11 Å². The lowest BCUT2D eigenvalue weighted by molar-refractivity contribution is -0.199. The molecule has 10 heavy (non-hydrogen) atoms. The van der Waals surface area contributed by atoms with Gasteiger partial charge in [0.1, 0.15) is 0 Å². The van der Waals surface area contributed by atoms with E-state index in [9.17, 15) is 22.0 Å². The minimum atomic E-state index is -5.22. The molecule has 0 saturated heterocycles. The maximum atomic E-state index is 11.7. The zero-order valence-corrected chi connectivity index (χ0v) is 4.70. The van der Waals surface area contributed by atoms with Gasteiger partial charge in [-0.25, -0.2) is 8.78 Å². The van der Waals surface area contributed by atoms with Crippen LogP contribution in [-0.2, 0) is 0 Å². The summed E-state index contributed by atoms with van der Waals surface area (Å²) in [7, 11) is 0. The van der Waals surface area contributed by atoms with E-state index in [-0.39, 0.29) is 0 Å². The van der Waals surface area contributed by atoms with Gasteiger partial charge in [0.25, 0.3) is 0 Å². The molecule has 0 saturated carbocycles. The molecule has 0 rings (SSSR count). The van der Waals surface area contributed by atoms with Crippen LogP contribution in [0, 0.1) is 0 Å². The Morgan fingerprint density at radius 2 is 1.60 bits per heavy atom. The first-order chi connectivity index (χ1) is 4.39. The zero-order valence-electron chi connectivity index (χ0n) is 4.70. The van der Waals surface area contributed by atoms with E-state index >= 15 is 0 Å². The SMILES string of the molecule is OCC(F)C(F)C(F)(F)F. The summed E-state index contributed by atoms with van der Waals surface area (Å²) in [6.45, 7) is -1.46. The van der Waals surface area contributed by atoms with Crippen LogP contribution < -0.4 is 0 Å². The number of alkyl halides is 5. The molecular weight excluding hydrogens is 159 g/mol. The summed E-state index contributed by atoms with van der Waals surface area (Å²) in [6.07, 6.45) is -11.7. The van der Waals surface area contributed by atoms with Gasteiger partial charge in [-0.15, -0.1) is 0 Å². The predicted molar refractivity (Wildman–Crippen MR) is 22.9 cm³/mol. The molecule has 2 atom stereocenters. The first-order valence-corrected chi connectivity index (χ1v) is 2.35. The second-order valence-electron chi connectivity index (χ2n) is 1.64.